The Kier molecular flexibility index (Phi) is 4.13. The number of fused-ring (bicyclic) bond motifs is 1. The number of nitro benzene ring substituents is 1. The summed E-state index contributed by atoms with van der Waals surface area (Å²) in [6, 6.07) is 17.0. The summed E-state index contributed by atoms with van der Waals surface area (Å²) >= 11 is 0. The van der Waals surface area contributed by atoms with Gasteiger partial charge < -0.3 is 9.73 Å². The maximum atomic E-state index is 11.8. The minimum Gasteiger partial charge on any atom is -0.459 e. The van der Waals surface area contributed by atoms with Crippen molar-refractivity contribution >= 4 is 22.3 Å². The number of furan rings is 1. The van der Waals surface area contributed by atoms with Crippen molar-refractivity contribution in [2.24, 2.45) is 0 Å². The van der Waals surface area contributed by atoms with Crippen LogP contribution in [0.1, 0.15) is 5.76 Å². The van der Waals surface area contributed by atoms with E-state index in [2.05, 4.69) is 15.5 Å². The second-order valence-electron chi connectivity index (χ2n) is 5.84. The third-order valence-corrected chi connectivity index (χ3v) is 4.15. The van der Waals surface area contributed by atoms with E-state index in [0.29, 0.717) is 40.2 Å². The molecule has 134 valence electrons. The highest BCUT2D eigenvalue weighted by molar-refractivity contribution is 5.90. The van der Waals surface area contributed by atoms with Crippen molar-refractivity contribution in [1.29, 1.82) is 0 Å². The molecule has 8 nitrogen and oxygen atoms in total. The molecule has 4 rings (SSSR count). The zero-order valence-corrected chi connectivity index (χ0v) is 14.0. The van der Waals surface area contributed by atoms with Crippen LogP contribution >= 0.6 is 0 Å². The molecule has 0 unspecified atom stereocenters. The third-order valence-electron chi connectivity index (χ3n) is 4.15. The average Bonchev–Trinajstić information content (AvgIpc) is 3.16. The van der Waals surface area contributed by atoms with E-state index in [-0.39, 0.29) is 11.2 Å². The van der Waals surface area contributed by atoms with Gasteiger partial charge in [-0.3, -0.25) is 14.9 Å². The van der Waals surface area contributed by atoms with Crippen LogP contribution in [0.4, 0.5) is 11.5 Å². The van der Waals surface area contributed by atoms with Crippen molar-refractivity contribution in [3.8, 4) is 11.3 Å². The Bertz CT molecular complexity index is 1200. The lowest BCUT2D eigenvalue weighted by Gasteiger charge is -2.06. The summed E-state index contributed by atoms with van der Waals surface area (Å²) in [5, 5.41) is 22.0. The first kappa shape index (κ1) is 16.5. The molecular weight excluding hydrogens is 348 g/mol. The first-order valence-corrected chi connectivity index (χ1v) is 8.17. The minimum atomic E-state index is -0.438. The zero-order valence-electron chi connectivity index (χ0n) is 14.0. The Morgan fingerprint density at radius 2 is 1.78 bits per heavy atom. The first-order valence-electron chi connectivity index (χ1n) is 8.17. The van der Waals surface area contributed by atoms with Crippen LogP contribution in [0, 0.1) is 10.1 Å². The number of H-pyrrole nitrogens is 1. The molecule has 0 amide bonds. The quantitative estimate of drug-likeness (QED) is 0.413. The molecular formula is C19H14N4O4. The highest BCUT2D eigenvalue weighted by Crippen LogP contribution is 2.31. The fraction of sp³-hybridized carbons (Fsp3) is 0.0526. The van der Waals surface area contributed by atoms with Crippen molar-refractivity contribution in [2.75, 3.05) is 5.32 Å². The third kappa shape index (κ3) is 3.15. The Labute approximate surface area is 152 Å². The van der Waals surface area contributed by atoms with Crippen molar-refractivity contribution in [3.05, 3.63) is 86.9 Å². The number of rotatable bonds is 5. The summed E-state index contributed by atoms with van der Waals surface area (Å²) in [6.45, 7) is 0.309. The van der Waals surface area contributed by atoms with Gasteiger partial charge in [-0.2, -0.15) is 5.10 Å². The lowest BCUT2D eigenvalue weighted by Crippen LogP contribution is -2.11. The molecule has 0 atom stereocenters. The number of anilines is 1. The Hall–Kier alpha value is -3.94. The van der Waals surface area contributed by atoms with E-state index in [1.54, 1.807) is 48.5 Å². The molecule has 27 heavy (non-hydrogen) atoms. The lowest BCUT2D eigenvalue weighted by atomic mass is 10.1. The number of aromatic amines is 1. The summed E-state index contributed by atoms with van der Waals surface area (Å²) in [6.07, 6.45) is 0. The standard InChI is InChI=1S/C19H14N4O4/c24-19-14-6-2-1-5-13(14)18(21-22-19)20-11-12-9-10-17(27-12)15-7-3-4-8-16(15)23(25)26/h1-10H,11H2,(H,20,21)(H,22,24). The van der Waals surface area contributed by atoms with E-state index in [9.17, 15) is 14.9 Å². The van der Waals surface area contributed by atoms with Crippen LogP contribution in [0.3, 0.4) is 0 Å². The van der Waals surface area contributed by atoms with Gasteiger partial charge in [-0.1, -0.05) is 30.3 Å². The molecule has 0 bridgehead atoms. The van der Waals surface area contributed by atoms with Gasteiger partial charge in [-0.25, -0.2) is 5.10 Å². The van der Waals surface area contributed by atoms with E-state index in [1.165, 1.54) is 6.07 Å². The van der Waals surface area contributed by atoms with Crippen molar-refractivity contribution in [2.45, 2.75) is 6.54 Å². The molecule has 2 N–H and O–H groups in total. The van der Waals surface area contributed by atoms with Gasteiger partial charge in [0, 0.05) is 11.5 Å². The molecule has 0 saturated heterocycles. The van der Waals surface area contributed by atoms with Gasteiger partial charge in [-0.05, 0) is 24.3 Å². The van der Waals surface area contributed by atoms with Crippen LogP contribution in [-0.4, -0.2) is 15.1 Å². The number of para-hydroxylation sites is 1. The van der Waals surface area contributed by atoms with E-state index in [4.69, 9.17) is 4.42 Å². The highest BCUT2D eigenvalue weighted by atomic mass is 16.6. The fourth-order valence-corrected chi connectivity index (χ4v) is 2.88. The van der Waals surface area contributed by atoms with Gasteiger partial charge in [0.15, 0.2) is 5.82 Å². The number of aromatic nitrogens is 2. The molecule has 2 aromatic heterocycles. The van der Waals surface area contributed by atoms with Crippen molar-refractivity contribution in [1.82, 2.24) is 10.2 Å². The van der Waals surface area contributed by atoms with Crippen LogP contribution < -0.4 is 10.9 Å². The lowest BCUT2D eigenvalue weighted by molar-refractivity contribution is -0.384. The Morgan fingerprint density at radius 3 is 2.59 bits per heavy atom. The van der Waals surface area contributed by atoms with E-state index in [0.717, 1.165) is 0 Å². The van der Waals surface area contributed by atoms with Crippen LogP contribution in [-0.2, 0) is 6.54 Å². The number of nitro groups is 1. The number of benzene rings is 2. The van der Waals surface area contributed by atoms with Crippen molar-refractivity contribution < 1.29 is 9.34 Å². The second-order valence-corrected chi connectivity index (χ2v) is 5.84. The van der Waals surface area contributed by atoms with Gasteiger partial charge in [0.05, 0.1) is 22.4 Å². The number of nitrogens with zero attached hydrogens (tertiary/aromatic N) is 2. The molecule has 0 spiro atoms. The molecule has 0 saturated carbocycles. The molecule has 2 heterocycles. The molecule has 8 heteroatoms. The van der Waals surface area contributed by atoms with Gasteiger partial charge in [0.1, 0.15) is 11.5 Å². The Balaban J connectivity index is 1.59. The summed E-state index contributed by atoms with van der Waals surface area (Å²) in [5.74, 6) is 1.52. The summed E-state index contributed by atoms with van der Waals surface area (Å²) in [5.41, 5.74) is 0.147. The molecule has 0 aliphatic carbocycles. The Morgan fingerprint density at radius 1 is 1.04 bits per heavy atom. The maximum absolute atomic E-state index is 11.8. The SMILES string of the molecule is O=c1[nH]nc(NCc2ccc(-c3ccccc3[N+](=O)[O-])o2)c2ccccc12. The normalized spacial score (nSPS) is 10.8. The van der Waals surface area contributed by atoms with Crippen LogP contribution in [0.15, 0.2) is 69.9 Å². The second kappa shape index (κ2) is 6.75. The minimum absolute atomic E-state index is 0.0142. The van der Waals surface area contributed by atoms with Gasteiger partial charge in [0.2, 0.25) is 0 Å². The van der Waals surface area contributed by atoms with E-state index < -0.39 is 4.92 Å². The average molecular weight is 362 g/mol. The largest absolute Gasteiger partial charge is 0.459 e. The highest BCUT2D eigenvalue weighted by Gasteiger charge is 2.17. The number of nitrogens with one attached hydrogen (secondary N) is 2. The first-order chi connectivity index (χ1) is 13.1. The summed E-state index contributed by atoms with van der Waals surface area (Å²) < 4.78 is 5.75. The van der Waals surface area contributed by atoms with Crippen molar-refractivity contribution in [3.63, 3.8) is 0 Å². The van der Waals surface area contributed by atoms with E-state index in [1.807, 2.05) is 6.07 Å². The molecule has 0 aliphatic heterocycles. The molecule has 2 aromatic carbocycles. The summed E-state index contributed by atoms with van der Waals surface area (Å²) in [7, 11) is 0. The molecule has 4 aromatic rings. The fourth-order valence-electron chi connectivity index (χ4n) is 2.88. The summed E-state index contributed by atoms with van der Waals surface area (Å²) in [4.78, 5) is 22.6. The predicted molar refractivity (Wildman–Crippen MR) is 100 cm³/mol. The van der Waals surface area contributed by atoms with E-state index >= 15 is 0 Å². The topological polar surface area (TPSA) is 114 Å². The number of hydrogen-bond acceptors (Lipinski definition) is 6. The van der Waals surface area contributed by atoms with Crippen LogP contribution in [0.25, 0.3) is 22.1 Å². The van der Waals surface area contributed by atoms with Crippen LogP contribution in [0.2, 0.25) is 0 Å². The number of hydrogen-bond donors (Lipinski definition) is 2. The van der Waals surface area contributed by atoms with Crippen LogP contribution in [0.5, 0.6) is 0 Å². The van der Waals surface area contributed by atoms with Gasteiger partial charge in [-0.15, -0.1) is 0 Å². The van der Waals surface area contributed by atoms with Gasteiger partial charge in [0.25, 0.3) is 11.2 Å². The predicted octanol–water partition coefficient (Wildman–Crippen LogP) is 3.70. The molecule has 0 fully saturated rings. The molecule has 0 radical (unpaired) electrons. The zero-order chi connectivity index (χ0) is 18.8. The molecule has 0 aliphatic rings. The monoisotopic (exact) mass is 362 g/mol. The maximum Gasteiger partial charge on any atom is 0.280 e. The van der Waals surface area contributed by atoms with Gasteiger partial charge >= 0.3 is 0 Å². The smallest absolute Gasteiger partial charge is 0.280 e.